The van der Waals surface area contributed by atoms with Gasteiger partial charge in [0.15, 0.2) is 0 Å². The van der Waals surface area contributed by atoms with Gasteiger partial charge in [-0.25, -0.2) is 0 Å². The van der Waals surface area contributed by atoms with Gasteiger partial charge in [-0.05, 0) is 74.7 Å². The Morgan fingerprint density at radius 3 is 2.65 bits per heavy atom. The highest BCUT2D eigenvalue weighted by atomic mass is 16.5. The molecule has 3 fully saturated rings. The van der Waals surface area contributed by atoms with Crippen LogP contribution in [0, 0.1) is 5.41 Å². The average Bonchev–Trinajstić information content (AvgIpc) is 3.21. The minimum atomic E-state index is 0.447. The number of nitrogens with zero attached hydrogens (tertiary/aromatic N) is 1. The van der Waals surface area contributed by atoms with Crippen molar-refractivity contribution in [1.29, 1.82) is 0 Å². The SMILES string of the molecule is c1cc(OC2CCCCC2)ccc1CN1CCC2(CCNC2)C1. The number of hydrogen-bond acceptors (Lipinski definition) is 3. The van der Waals surface area contributed by atoms with E-state index in [-0.39, 0.29) is 0 Å². The smallest absolute Gasteiger partial charge is 0.119 e. The summed E-state index contributed by atoms with van der Waals surface area (Å²) < 4.78 is 6.13. The fourth-order valence-corrected chi connectivity index (χ4v) is 4.61. The van der Waals surface area contributed by atoms with E-state index in [2.05, 4.69) is 34.5 Å². The molecule has 3 nitrogen and oxygen atoms in total. The third kappa shape index (κ3) is 3.72. The van der Waals surface area contributed by atoms with E-state index in [4.69, 9.17) is 4.74 Å². The van der Waals surface area contributed by atoms with Gasteiger partial charge in [0.25, 0.3) is 0 Å². The minimum Gasteiger partial charge on any atom is -0.490 e. The van der Waals surface area contributed by atoms with Crippen molar-refractivity contribution in [2.24, 2.45) is 5.41 Å². The van der Waals surface area contributed by atoms with Crippen LogP contribution in [0.4, 0.5) is 0 Å². The molecule has 126 valence electrons. The molecule has 1 saturated carbocycles. The molecule has 1 aliphatic carbocycles. The summed E-state index contributed by atoms with van der Waals surface area (Å²) in [7, 11) is 0. The summed E-state index contributed by atoms with van der Waals surface area (Å²) in [6.45, 7) is 6.03. The average molecular weight is 314 g/mol. The van der Waals surface area contributed by atoms with Crippen LogP contribution in [-0.4, -0.2) is 37.2 Å². The van der Waals surface area contributed by atoms with Crippen molar-refractivity contribution in [3.05, 3.63) is 29.8 Å². The molecule has 1 spiro atoms. The highest BCUT2D eigenvalue weighted by Crippen LogP contribution is 2.36. The largest absolute Gasteiger partial charge is 0.490 e. The standard InChI is InChI=1S/C20H30N2O/c1-2-4-18(5-3-1)23-19-8-6-17(7-9-19)14-22-13-11-20(16-22)10-12-21-15-20/h6-9,18,21H,1-5,10-16H2. The molecule has 2 saturated heterocycles. The first-order valence-electron chi connectivity index (χ1n) is 9.50. The molecule has 3 heteroatoms. The molecule has 4 rings (SSSR count). The maximum Gasteiger partial charge on any atom is 0.119 e. The maximum absolute atomic E-state index is 6.13. The summed E-state index contributed by atoms with van der Waals surface area (Å²) in [5, 5.41) is 3.54. The van der Waals surface area contributed by atoms with Crippen LogP contribution in [0.2, 0.25) is 0 Å². The quantitative estimate of drug-likeness (QED) is 0.919. The lowest BCUT2D eigenvalue weighted by Gasteiger charge is -2.24. The predicted molar refractivity (Wildman–Crippen MR) is 93.8 cm³/mol. The molecule has 23 heavy (non-hydrogen) atoms. The van der Waals surface area contributed by atoms with E-state index in [9.17, 15) is 0 Å². The molecular weight excluding hydrogens is 284 g/mol. The Bertz CT molecular complexity index is 501. The monoisotopic (exact) mass is 314 g/mol. The molecule has 0 radical (unpaired) electrons. The summed E-state index contributed by atoms with van der Waals surface area (Å²) >= 11 is 0. The van der Waals surface area contributed by atoms with Gasteiger partial charge < -0.3 is 10.1 Å². The number of benzene rings is 1. The fourth-order valence-electron chi connectivity index (χ4n) is 4.61. The van der Waals surface area contributed by atoms with Crippen LogP contribution in [-0.2, 0) is 6.54 Å². The molecule has 0 amide bonds. The Balaban J connectivity index is 1.30. The Morgan fingerprint density at radius 2 is 1.91 bits per heavy atom. The van der Waals surface area contributed by atoms with Crippen molar-refractivity contribution in [2.75, 3.05) is 26.2 Å². The molecule has 1 N–H and O–H groups in total. The molecule has 1 aromatic carbocycles. The summed E-state index contributed by atoms with van der Waals surface area (Å²) in [6.07, 6.45) is 9.66. The van der Waals surface area contributed by atoms with E-state index in [1.54, 1.807) is 0 Å². The lowest BCUT2D eigenvalue weighted by atomic mass is 9.86. The molecule has 1 unspecified atom stereocenters. The van der Waals surface area contributed by atoms with Gasteiger partial charge in [-0.3, -0.25) is 4.90 Å². The first-order chi connectivity index (χ1) is 11.3. The number of rotatable bonds is 4. The van der Waals surface area contributed by atoms with Crippen molar-refractivity contribution in [1.82, 2.24) is 10.2 Å². The van der Waals surface area contributed by atoms with Crippen LogP contribution in [0.15, 0.2) is 24.3 Å². The summed E-state index contributed by atoms with van der Waals surface area (Å²) in [4.78, 5) is 2.63. The minimum absolute atomic E-state index is 0.447. The molecule has 0 bridgehead atoms. The van der Waals surface area contributed by atoms with E-state index in [1.807, 2.05) is 0 Å². The van der Waals surface area contributed by atoms with Gasteiger partial charge in [0.1, 0.15) is 5.75 Å². The Labute approximate surface area is 140 Å². The summed E-state index contributed by atoms with van der Waals surface area (Å²) in [5.41, 5.74) is 1.99. The maximum atomic E-state index is 6.13. The van der Waals surface area contributed by atoms with E-state index >= 15 is 0 Å². The molecular formula is C20H30N2O. The number of nitrogens with one attached hydrogen (secondary N) is 1. The van der Waals surface area contributed by atoms with Gasteiger partial charge in [-0.2, -0.15) is 0 Å². The predicted octanol–water partition coefficient (Wildman–Crippen LogP) is 3.58. The van der Waals surface area contributed by atoms with Crippen LogP contribution >= 0.6 is 0 Å². The Hall–Kier alpha value is -1.06. The highest BCUT2D eigenvalue weighted by molar-refractivity contribution is 5.27. The van der Waals surface area contributed by atoms with Crippen molar-refractivity contribution in [3.63, 3.8) is 0 Å². The topological polar surface area (TPSA) is 24.5 Å². The second kappa shape index (κ2) is 6.82. The second-order valence-electron chi connectivity index (χ2n) is 7.91. The first kappa shape index (κ1) is 15.5. The van der Waals surface area contributed by atoms with Crippen molar-refractivity contribution in [3.8, 4) is 5.75 Å². The lowest BCUT2D eigenvalue weighted by molar-refractivity contribution is 0.155. The van der Waals surface area contributed by atoms with Crippen molar-refractivity contribution >= 4 is 0 Å². The lowest BCUT2D eigenvalue weighted by Crippen LogP contribution is -2.28. The van der Waals surface area contributed by atoms with Crippen LogP contribution in [0.1, 0.15) is 50.5 Å². The van der Waals surface area contributed by atoms with Gasteiger partial charge in [-0.15, -0.1) is 0 Å². The van der Waals surface area contributed by atoms with Gasteiger partial charge in [0.05, 0.1) is 6.10 Å². The summed E-state index contributed by atoms with van der Waals surface area (Å²) in [5.74, 6) is 1.05. The van der Waals surface area contributed by atoms with E-state index < -0.39 is 0 Å². The molecule has 2 heterocycles. The van der Waals surface area contributed by atoms with Gasteiger partial charge >= 0.3 is 0 Å². The van der Waals surface area contributed by atoms with E-state index in [0.717, 1.165) is 12.3 Å². The number of likely N-dealkylation sites (tertiary alicyclic amines) is 1. The zero-order chi connectivity index (χ0) is 15.5. The van der Waals surface area contributed by atoms with E-state index in [1.165, 1.54) is 76.7 Å². The van der Waals surface area contributed by atoms with Crippen LogP contribution in [0.25, 0.3) is 0 Å². The zero-order valence-electron chi connectivity index (χ0n) is 14.2. The third-order valence-electron chi connectivity index (χ3n) is 6.03. The third-order valence-corrected chi connectivity index (χ3v) is 6.03. The number of ether oxygens (including phenoxy) is 1. The molecule has 3 aliphatic rings. The molecule has 1 aromatic rings. The zero-order valence-corrected chi connectivity index (χ0v) is 14.2. The van der Waals surface area contributed by atoms with E-state index in [0.29, 0.717) is 11.5 Å². The normalized spacial score (nSPS) is 29.4. The fraction of sp³-hybridized carbons (Fsp3) is 0.700. The van der Waals surface area contributed by atoms with Crippen molar-refractivity contribution in [2.45, 2.75) is 57.6 Å². The highest BCUT2D eigenvalue weighted by Gasteiger charge is 2.39. The molecule has 2 aliphatic heterocycles. The van der Waals surface area contributed by atoms with Gasteiger partial charge in [0, 0.05) is 19.6 Å². The van der Waals surface area contributed by atoms with Crippen LogP contribution in [0.3, 0.4) is 0 Å². The van der Waals surface area contributed by atoms with Gasteiger partial charge in [-0.1, -0.05) is 18.6 Å². The van der Waals surface area contributed by atoms with Gasteiger partial charge in [0.2, 0.25) is 0 Å². The summed E-state index contributed by atoms with van der Waals surface area (Å²) in [6, 6.07) is 8.87. The van der Waals surface area contributed by atoms with Crippen molar-refractivity contribution < 1.29 is 4.74 Å². The molecule has 1 atom stereocenters. The number of hydrogen-bond donors (Lipinski definition) is 1. The van der Waals surface area contributed by atoms with Crippen LogP contribution in [0.5, 0.6) is 5.75 Å². The second-order valence-corrected chi connectivity index (χ2v) is 7.91. The molecule has 0 aromatic heterocycles. The van der Waals surface area contributed by atoms with Crippen LogP contribution < -0.4 is 10.1 Å². The Kier molecular flexibility index (Phi) is 4.59. The first-order valence-corrected chi connectivity index (χ1v) is 9.50. The Morgan fingerprint density at radius 1 is 1.09 bits per heavy atom.